The highest BCUT2D eigenvalue weighted by atomic mass is 32.1. The Kier molecular flexibility index (Phi) is 2.28. The van der Waals surface area contributed by atoms with E-state index < -0.39 is 5.97 Å². The van der Waals surface area contributed by atoms with Gasteiger partial charge >= 0.3 is 5.97 Å². The summed E-state index contributed by atoms with van der Waals surface area (Å²) < 4.78 is 0. The molecule has 2 heterocycles. The van der Waals surface area contributed by atoms with Crippen LogP contribution in [0, 0.1) is 0 Å². The fraction of sp³-hybridized carbons (Fsp3) is 0. The SMILES string of the molecule is O=C(O)/C=C/c1cc2cccnc2s1. The van der Waals surface area contributed by atoms with E-state index in [0.29, 0.717) is 0 Å². The lowest BCUT2D eigenvalue weighted by Crippen LogP contribution is -1.84. The summed E-state index contributed by atoms with van der Waals surface area (Å²) in [5.74, 6) is -0.935. The maximum absolute atomic E-state index is 10.3. The second-order valence-corrected chi connectivity index (χ2v) is 3.78. The fourth-order valence-electron chi connectivity index (χ4n) is 1.13. The van der Waals surface area contributed by atoms with Gasteiger partial charge in [0.15, 0.2) is 0 Å². The molecule has 3 nitrogen and oxygen atoms in total. The molecule has 2 aromatic heterocycles. The first kappa shape index (κ1) is 8.90. The predicted octanol–water partition coefficient (Wildman–Crippen LogP) is 2.39. The van der Waals surface area contributed by atoms with Crippen molar-refractivity contribution in [3.8, 4) is 0 Å². The summed E-state index contributed by atoms with van der Waals surface area (Å²) in [7, 11) is 0. The quantitative estimate of drug-likeness (QED) is 0.766. The lowest BCUT2D eigenvalue weighted by Gasteiger charge is -1.81. The third-order valence-corrected chi connectivity index (χ3v) is 2.73. The number of aliphatic carboxylic acids is 1. The Morgan fingerprint density at radius 1 is 1.57 bits per heavy atom. The minimum atomic E-state index is -0.935. The standard InChI is InChI=1S/C10H7NO2S/c12-9(13)4-3-8-6-7-2-1-5-11-10(7)14-8/h1-6H,(H,12,13)/b4-3+. The fourth-order valence-corrected chi connectivity index (χ4v) is 2.03. The lowest BCUT2D eigenvalue weighted by molar-refractivity contribution is -0.131. The first-order chi connectivity index (χ1) is 6.75. The van der Waals surface area contributed by atoms with Crippen LogP contribution in [0.1, 0.15) is 4.88 Å². The monoisotopic (exact) mass is 205 g/mol. The molecule has 0 unspecified atom stereocenters. The first-order valence-electron chi connectivity index (χ1n) is 4.01. The third-order valence-electron chi connectivity index (χ3n) is 1.70. The highest BCUT2D eigenvalue weighted by molar-refractivity contribution is 7.19. The largest absolute Gasteiger partial charge is 0.478 e. The Morgan fingerprint density at radius 3 is 3.14 bits per heavy atom. The van der Waals surface area contributed by atoms with Gasteiger partial charge in [-0.1, -0.05) is 6.07 Å². The molecule has 0 aliphatic rings. The normalized spacial score (nSPS) is 11.1. The summed E-state index contributed by atoms with van der Waals surface area (Å²) in [5.41, 5.74) is 0. The van der Waals surface area contributed by atoms with Gasteiger partial charge in [-0.15, -0.1) is 11.3 Å². The summed E-state index contributed by atoms with van der Waals surface area (Å²) in [6.07, 6.45) is 4.43. The number of carboxylic acid groups (broad SMARTS) is 1. The smallest absolute Gasteiger partial charge is 0.328 e. The van der Waals surface area contributed by atoms with E-state index in [4.69, 9.17) is 5.11 Å². The highest BCUT2D eigenvalue weighted by Crippen LogP contribution is 2.23. The van der Waals surface area contributed by atoms with E-state index >= 15 is 0 Å². The topological polar surface area (TPSA) is 50.2 Å². The van der Waals surface area contributed by atoms with Gasteiger partial charge in [-0.05, 0) is 18.2 Å². The predicted molar refractivity (Wildman–Crippen MR) is 56.3 cm³/mol. The zero-order chi connectivity index (χ0) is 9.97. The van der Waals surface area contributed by atoms with Crippen molar-refractivity contribution in [1.82, 2.24) is 4.98 Å². The molecule has 0 radical (unpaired) electrons. The number of nitrogens with zero attached hydrogens (tertiary/aromatic N) is 1. The van der Waals surface area contributed by atoms with Crippen molar-refractivity contribution in [2.75, 3.05) is 0 Å². The van der Waals surface area contributed by atoms with Crippen molar-refractivity contribution >= 4 is 33.6 Å². The Morgan fingerprint density at radius 2 is 2.43 bits per heavy atom. The van der Waals surface area contributed by atoms with Crippen LogP contribution in [0.3, 0.4) is 0 Å². The molecule has 0 aromatic carbocycles. The van der Waals surface area contributed by atoms with Gasteiger partial charge in [-0.3, -0.25) is 0 Å². The Labute approximate surface area is 84.3 Å². The number of carboxylic acids is 1. The molecule has 0 bridgehead atoms. The van der Waals surface area contributed by atoms with Crippen molar-refractivity contribution in [3.63, 3.8) is 0 Å². The van der Waals surface area contributed by atoms with Crippen molar-refractivity contribution in [2.24, 2.45) is 0 Å². The molecule has 0 amide bonds. The highest BCUT2D eigenvalue weighted by Gasteiger charge is 1.98. The van der Waals surface area contributed by atoms with Crippen LogP contribution in [-0.4, -0.2) is 16.1 Å². The van der Waals surface area contributed by atoms with Gasteiger partial charge < -0.3 is 5.11 Å². The second-order valence-electron chi connectivity index (χ2n) is 2.72. The number of carbonyl (C=O) groups is 1. The number of fused-ring (bicyclic) bond motifs is 1. The lowest BCUT2D eigenvalue weighted by atomic mass is 10.3. The van der Waals surface area contributed by atoms with Gasteiger partial charge in [0.2, 0.25) is 0 Å². The minimum absolute atomic E-state index is 0.904. The van der Waals surface area contributed by atoms with E-state index in [1.807, 2.05) is 18.2 Å². The molecule has 0 spiro atoms. The number of aromatic nitrogens is 1. The molecule has 1 N–H and O–H groups in total. The van der Waals surface area contributed by atoms with E-state index in [1.165, 1.54) is 11.3 Å². The van der Waals surface area contributed by atoms with Crippen LogP contribution >= 0.6 is 11.3 Å². The van der Waals surface area contributed by atoms with Gasteiger partial charge in [0, 0.05) is 22.5 Å². The zero-order valence-electron chi connectivity index (χ0n) is 7.18. The van der Waals surface area contributed by atoms with E-state index in [1.54, 1.807) is 12.3 Å². The molecule has 0 saturated carbocycles. The molecule has 0 fully saturated rings. The van der Waals surface area contributed by atoms with E-state index in [-0.39, 0.29) is 0 Å². The van der Waals surface area contributed by atoms with Gasteiger partial charge in [0.25, 0.3) is 0 Å². The van der Waals surface area contributed by atoms with Gasteiger partial charge in [-0.2, -0.15) is 0 Å². The molecule has 0 aliphatic heterocycles. The van der Waals surface area contributed by atoms with Crippen molar-refractivity contribution < 1.29 is 9.90 Å². The molecule has 0 saturated heterocycles. The zero-order valence-corrected chi connectivity index (χ0v) is 7.99. The molecule has 2 aromatic rings. The molecular formula is C10H7NO2S. The molecular weight excluding hydrogens is 198 g/mol. The van der Waals surface area contributed by atoms with Crippen LogP contribution in [0.25, 0.3) is 16.3 Å². The summed E-state index contributed by atoms with van der Waals surface area (Å²) in [6, 6.07) is 5.74. The van der Waals surface area contributed by atoms with Crippen LogP contribution in [0.15, 0.2) is 30.5 Å². The van der Waals surface area contributed by atoms with Crippen LogP contribution < -0.4 is 0 Å². The molecule has 2 rings (SSSR count). The van der Waals surface area contributed by atoms with Gasteiger partial charge in [-0.25, -0.2) is 9.78 Å². The average molecular weight is 205 g/mol. The average Bonchev–Trinajstić information content (AvgIpc) is 2.57. The molecule has 4 heteroatoms. The van der Waals surface area contributed by atoms with Crippen LogP contribution in [-0.2, 0) is 4.79 Å². The third kappa shape index (κ3) is 1.80. The Bertz CT molecular complexity index is 469. The molecule has 0 atom stereocenters. The van der Waals surface area contributed by atoms with Gasteiger partial charge in [0.1, 0.15) is 4.83 Å². The minimum Gasteiger partial charge on any atom is -0.478 e. The van der Waals surface area contributed by atoms with E-state index in [2.05, 4.69) is 4.98 Å². The summed E-state index contributed by atoms with van der Waals surface area (Å²) in [4.78, 5) is 16.3. The second kappa shape index (κ2) is 3.59. The number of thiophene rings is 1. The number of rotatable bonds is 2. The van der Waals surface area contributed by atoms with E-state index in [9.17, 15) is 4.79 Å². The summed E-state index contributed by atoms with van der Waals surface area (Å²) in [5, 5.41) is 9.50. The van der Waals surface area contributed by atoms with Crippen LogP contribution in [0.5, 0.6) is 0 Å². The van der Waals surface area contributed by atoms with Crippen molar-refractivity contribution in [1.29, 1.82) is 0 Å². The molecule has 70 valence electrons. The maximum Gasteiger partial charge on any atom is 0.328 e. The van der Waals surface area contributed by atoms with Gasteiger partial charge in [0.05, 0.1) is 0 Å². The first-order valence-corrected chi connectivity index (χ1v) is 4.83. The molecule has 14 heavy (non-hydrogen) atoms. The summed E-state index contributed by atoms with van der Waals surface area (Å²) in [6.45, 7) is 0. The molecule has 0 aliphatic carbocycles. The Hall–Kier alpha value is -1.68. The maximum atomic E-state index is 10.3. The number of hydrogen-bond acceptors (Lipinski definition) is 3. The van der Waals surface area contributed by atoms with Crippen molar-refractivity contribution in [2.45, 2.75) is 0 Å². The van der Waals surface area contributed by atoms with Crippen LogP contribution in [0.4, 0.5) is 0 Å². The van der Waals surface area contributed by atoms with Crippen molar-refractivity contribution in [3.05, 3.63) is 35.3 Å². The number of pyridine rings is 1. The van der Waals surface area contributed by atoms with Crippen LogP contribution in [0.2, 0.25) is 0 Å². The number of hydrogen-bond donors (Lipinski definition) is 1. The summed E-state index contributed by atoms with van der Waals surface area (Å²) >= 11 is 1.48. The van der Waals surface area contributed by atoms with E-state index in [0.717, 1.165) is 21.2 Å². The Balaban J connectivity index is 2.40.